The van der Waals surface area contributed by atoms with Crippen molar-refractivity contribution in [3.8, 4) is 11.5 Å². The SMILES string of the molecule is COc1cc(/C=C/C(=O)N(c2ccccn2)C2CCCCC2)cc(S(=O)(=O)N2CCc3ccccc32)c1OC. The van der Waals surface area contributed by atoms with Crippen molar-refractivity contribution in [2.24, 2.45) is 0 Å². The van der Waals surface area contributed by atoms with Crippen molar-refractivity contribution in [2.75, 3.05) is 30.0 Å². The van der Waals surface area contributed by atoms with Crippen LogP contribution in [0.15, 0.2) is 71.8 Å². The van der Waals surface area contributed by atoms with Crippen LogP contribution >= 0.6 is 0 Å². The largest absolute Gasteiger partial charge is 0.493 e. The number of amides is 1. The summed E-state index contributed by atoms with van der Waals surface area (Å²) in [5.41, 5.74) is 2.15. The van der Waals surface area contributed by atoms with E-state index in [-0.39, 0.29) is 28.3 Å². The second-order valence-corrected chi connectivity index (χ2v) is 11.6. The number of rotatable bonds is 8. The molecule has 1 aliphatic heterocycles. The van der Waals surface area contributed by atoms with Gasteiger partial charge in [-0.2, -0.15) is 0 Å². The molecular formula is C30H33N3O5S. The lowest BCUT2D eigenvalue weighted by molar-refractivity contribution is -0.114. The maximum Gasteiger partial charge on any atom is 0.268 e. The molecule has 0 N–H and O–H groups in total. The molecule has 1 fully saturated rings. The highest BCUT2D eigenvalue weighted by Gasteiger charge is 2.34. The van der Waals surface area contributed by atoms with E-state index in [4.69, 9.17) is 9.47 Å². The van der Waals surface area contributed by atoms with E-state index < -0.39 is 10.0 Å². The molecule has 204 valence electrons. The molecule has 9 heteroatoms. The highest BCUT2D eigenvalue weighted by atomic mass is 32.2. The van der Waals surface area contributed by atoms with Gasteiger partial charge in [0.2, 0.25) is 0 Å². The second kappa shape index (κ2) is 11.5. The van der Waals surface area contributed by atoms with E-state index in [2.05, 4.69) is 4.98 Å². The van der Waals surface area contributed by atoms with Crippen molar-refractivity contribution >= 4 is 33.5 Å². The Labute approximate surface area is 229 Å². The molecular weight excluding hydrogens is 514 g/mol. The fraction of sp³-hybridized carbons (Fsp3) is 0.333. The van der Waals surface area contributed by atoms with Crippen LogP contribution in [0.2, 0.25) is 0 Å². The average Bonchev–Trinajstić information content (AvgIpc) is 3.42. The summed E-state index contributed by atoms with van der Waals surface area (Å²) in [6.07, 6.45) is 10.6. The van der Waals surface area contributed by atoms with Crippen molar-refractivity contribution in [3.63, 3.8) is 0 Å². The van der Waals surface area contributed by atoms with Gasteiger partial charge in [-0.3, -0.25) is 14.0 Å². The molecule has 1 amide bonds. The molecule has 5 rings (SSSR count). The van der Waals surface area contributed by atoms with Crippen LogP contribution in [0.5, 0.6) is 11.5 Å². The average molecular weight is 548 g/mol. The van der Waals surface area contributed by atoms with Gasteiger partial charge in [-0.1, -0.05) is 43.5 Å². The number of sulfonamides is 1. The van der Waals surface area contributed by atoms with Gasteiger partial charge in [0.1, 0.15) is 10.7 Å². The van der Waals surface area contributed by atoms with Gasteiger partial charge in [-0.05, 0) is 66.8 Å². The van der Waals surface area contributed by atoms with Crippen LogP contribution in [0.25, 0.3) is 6.08 Å². The third-order valence-corrected chi connectivity index (χ3v) is 9.19. The predicted octanol–water partition coefficient (Wildman–Crippen LogP) is 5.23. The van der Waals surface area contributed by atoms with Crippen LogP contribution in [0.4, 0.5) is 11.5 Å². The molecule has 1 saturated carbocycles. The first-order valence-corrected chi connectivity index (χ1v) is 14.7. The highest BCUT2D eigenvalue weighted by molar-refractivity contribution is 7.93. The van der Waals surface area contributed by atoms with Crippen LogP contribution in [0.3, 0.4) is 0 Å². The van der Waals surface area contributed by atoms with Crippen LogP contribution in [0, 0.1) is 0 Å². The van der Waals surface area contributed by atoms with Crippen LogP contribution < -0.4 is 18.7 Å². The third kappa shape index (κ3) is 5.36. The summed E-state index contributed by atoms with van der Waals surface area (Å²) in [5, 5.41) is 0. The van der Waals surface area contributed by atoms with Gasteiger partial charge in [0.25, 0.3) is 15.9 Å². The monoisotopic (exact) mass is 547 g/mol. The Balaban J connectivity index is 1.51. The summed E-state index contributed by atoms with van der Waals surface area (Å²) in [7, 11) is -1.09. The van der Waals surface area contributed by atoms with Gasteiger partial charge >= 0.3 is 0 Å². The van der Waals surface area contributed by atoms with Crippen LogP contribution in [-0.2, 0) is 21.2 Å². The van der Waals surface area contributed by atoms with Gasteiger partial charge in [0, 0.05) is 24.9 Å². The second-order valence-electron chi connectivity index (χ2n) is 9.73. The molecule has 2 aliphatic rings. The summed E-state index contributed by atoms with van der Waals surface area (Å²) in [5.74, 6) is 0.810. The summed E-state index contributed by atoms with van der Waals surface area (Å²) in [4.78, 5) is 19.7. The van der Waals surface area contributed by atoms with Crippen molar-refractivity contribution in [1.82, 2.24) is 4.98 Å². The number of benzene rings is 2. The van der Waals surface area contributed by atoms with E-state index in [9.17, 15) is 13.2 Å². The lowest BCUT2D eigenvalue weighted by atomic mass is 9.94. The van der Waals surface area contributed by atoms with Crippen molar-refractivity contribution in [3.05, 3.63) is 78.0 Å². The first-order chi connectivity index (χ1) is 18.9. The van der Waals surface area contributed by atoms with Gasteiger partial charge in [-0.25, -0.2) is 13.4 Å². The zero-order valence-electron chi connectivity index (χ0n) is 22.2. The first-order valence-electron chi connectivity index (χ1n) is 13.2. The Hall–Kier alpha value is -3.85. The number of carbonyl (C=O) groups excluding carboxylic acids is 1. The number of para-hydroxylation sites is 1. The highest BCUT2D eigenvalue weighted by Crippen LogP contribution is 2.41. The number of fused-ring (bicyclic) bond motifs is 1. The quantitative estimate of drug-likeness (QED) is 0.359. The molecule has 0 radical (unpaired) electrons. The Bertz CT molecular complexity index is 1470. The maximum absolute atomic E-state index is 13.9. The van der Waals surface area contributed by atoms with E-state index in [1.807, 2.05) is 42.5 Å². The fourth-order valence-corrected chi connectivity index (χ4v) is 7.19. The van der Waals surface area contributed by atoms with E-state index in [0.717, 1.165) is 31.2 Å². The summed E-state index contributed by atoms with van der Waals surface area (Å²) >= 11 is 0. The topological polar surface area (TPSA) is 89.0 Å². The number of hydrogen-bond acceptors (Lipinski definition) is 6. The Kier molecular flexibility index (Phi) is 7.88. The molecule has 39 heavy (non-hydrogen) atoms. The molecule has 3 aromatic rings. The molecule has 0 saturated heterocycles. The fourth-order valence-electron chi connectivity index (χ4n) is 5.48. The van der Waals surface area contributed by atoms with Crippen molar-refractivity contribution < 1.29 is 22.7 Å². The van der Waals surface area contributed by atoms with Gasteiger partial charge in [0.15, 0.2) is 11.5 Å². The first kappa shape index (κ1) is 26.7. The molecule has 0 unspecified atom stereocenters. The molecule has 0 bridgehead atoms. The number of methoxy groups -OCH3 is 2. The Morgan fingerprint density at radius 1 is 1.03 bits per heavy atom. The smallest absolute Gasteiger partial charge is 0.268 e. The minimum Gasteiger partial charge on any atom is -0.493 e. The van der Waals surface area contributed by atoms with Gasteiger partial charge in [-0.15, -0.1) is 0 Å². The lowest BCUT2D eigenvalue weighted by Gasteiger charge is -2.32. The number of aromatic nitrogens is 1. The van der Waals surface area contributed by atoms with E-state index >= 15 is 0 Å². The molecule has 1 aromatic heterocycles. The number of hydrogen-bond donors (Lipinski definition) is 0. The molecule has 8 nitrogen and oxygen atoms in total. The minimum absolute atomic E-state index is 0.0120. The minimum atomic E-state index is -3.98. The standard InChI is InChI=1S/C30H33N3O5S/c1-37-26-20-22(15-16-29(34)33(24-11-4-3-5-12-24)28-14-8-9-18-31-28)21-27(30(26)38-2)39(35,36)32-19-17-23-10-6-7-13-25(23)32/h6-10,13-16,18,20-21,24H,3-5,11-12,17,19H2,1-2H3/b16-15+. The summed E-state index contributed by atoms with van der Waals surface area (Å²) in [6, 6.07) is 16.3. The van der Waals surface area contributed by atoms with E-state index in [1.165, 1.54) is 37.1 Å². The summed E-state index contributed by atoms with van der Waals surface area (Å²) in [6.45, 7) is 0.339. The van der Waals surface area contributed by atoms with Crippen LogP contribution in [-0.4, -0.2) is 46.1 Å². The zero-order valence-corrected chi connectivity index (χ0v) is 23.1. The van der Waals surface area contributed by atoms with E-state index in [1.54, 1.807) is 23.2 Å². The van der Waals surface area contributed by atoms with Crippen LogP contribution in [0.1, 0.15) is 43.2 Å². The molecule has 0 spiro atoms. The predicted molar refractivity (Wildman–Crippen MR) is 152 cm³/mol. The molecule has 2 aromatic carbocycles. The Morgan fingerprint density at radius 3 is 2.51 bits per heavy atom. The third-order valence-electron chi connectivity index (χ3n) is 7.37. The number of ether oxygens (including phenoxy) is 2. The van der Waals surface area contributed by atoms with Crippen molar-refractivity contribution in [1.29, 1.82) is 0 Å². The number of pyridine rings is 1. The normalized spacial score (nSPS) is 15.8. The number of carbonyl (C=O) groups is 1. The molecule has 2 heterocycles. The Morgan fingerprint density at radius 2 is 1.79 bits per heavy atom. The lowest BCUT2D eigenvalue weighted by Crippen LogP contribution is -2.41. The van der Waals surface area contributed by atoms with E-state index in [0.29, 0.717) is 30.0 Å². The summed E-state index contributed by atoms with van der Waals surface area (Å²) < 4.78 is 40.3. The molecule has 0 atom stereocenters. The number of nitrogens with zero attached hydrogens (tertiary/aromatic N) is 3. The van der Waals surface area contributed by atoms with Crippen molar-refractivity contribution in [2.45, 2.75) is 49.5 Å². The zero-order chi connectivity index (χ0) is 27.4. The van der Waals surface area contributed by atoms with Gasteiger partial charge in [0.05, 0.1) is 19.9 Å². The number of anilines is 2. The van der Waals surface area contributed by atoms with Gasteiger partial charge < -0.3 is 9.47 Å². The molecule has 1 aliphatic carbocycles. The maximum atomic E-state index is 13.9.